The lowest BCUT2D eigenvalue weighted by Gasteiger charge is -2.04. The van der Waals surface area contributed by atoms with Gasteiger partial charge in [-0.05, 0) is 24.6 Å². The van der Waals surface area contributed by atoms with Crippen LogP contribution in [-0.2, 0) is 13.1 Å². The summed E-state index contributed by atoms with van der Waals surface area (Å²) in [5.74, 6) is 0. The van der Waals surface area contributed by atoms with Crippen molar-refractivity contribution >= 4 is 0 Å². The van der Waals surface area contributed by atoms with Crippen LogP contribution in [0, 0.1) is 6.92 Å². The molecule has 0 saturated carbocycles. The number of aromatic nitrogens is 2. The minimum absolute atomic E-state index is 0.752. The molecule has 0 radical (unpaired) electrons. The lowest BCUT2D eigenvalue weighted by Crippen LogP contribution is -2.13. The molecule has 82 valence electrons. The van der Waals surface area contributed by atoms with Crippen molar-refractivity contribution in [2.75, 3.05) is 0 Å². The van der Waals surface area contributed by atoms with Gasteiger partial charge in [-0.15, -0.1) is 0 Å². The first-order valence-corrected chi connectivity index (χ1v) is 5.37. The van der Waals surface area contributed by atoms with E-state index in [4.69, 9.17) is 0 Å². The Bertz CT molecular complexity index is 423. The van der Waals surface area contributed by atoms with Crippen LogP contribution in [0.4, 0.5) is 0 Å². The average Bonchev–Trinajstić information content (AvgIpc) is 2.33. The van der Waals surface area contributed by atoms with Gasteiger partial charge in [-0.2, -0.15) is 10.2 Å². The van der Waals surface area contributed by atoms with E-state index in [2.05, 4.69) is 46.7 Å². The van der Waals surface area contributed by atoms with Crippen LogP contribution in [0.2, 0.25) is 0 Å². The lowest BCUT2D eigenvalue weighted by atomic mass is 10.1. The number of hydrogen-bond donors (Lipinski definition) is 1. The number of nitrogens with zero attached hydrogens (tertiary/aromatic N) is 2. The van der Waals surface area contributed by atoms with Crippen molar-refractivity contribution < 1.29 is 0 Å². The molecule has 0 bridgehead atoms. The number of benzene rings is 1. The Morgan fingerprint density at radius 1 is 1.06 bits per heavy atom. The molecule has 16 heavy (non-hydrogen) atoms. The Labute approximate surface area is 95.5 Å². The second-order valence-corrected chi connectivity index (χ2v) is 3.80. The quantitative estimate of drug-likeness (QED) is 0.845. The van der Waals surface area contributed by atoms with Gasteiger partial charge in [0.25, 0.3) is 0 Å². The molecule has 2 aromatic rings. The maximum absolute atomic E-state index is 4.01. The van der Waals surface area contributed by atoms with Crippen molar-refractivity contribution in [3.8, 4) is 0 Å². The molecule has 0 spiro atoms. The zero-order valence-corrected chi connectivity index (χ0v) is 9.35. The SMILES string of the molecule is Cc1ccc(CNCc2cccnn2)cc1. The minimum atomic E-state index is 0.752. The van der Waals surface area contributed by atoms with Crippen molar-refractivity contribution in [2.45, 2.75) is 20.0 Å². The fourth-order valence-electron chi connectivity index (χ4n) is 1.47. The summed E-state index contributed by atoms with van der Waals surface area (Å²) in [6, 6.07) is 12.4. The van der Waals surface area contributed by atoms with E-state index in [1.54, 1.807) is 6.20 Å². The third-order valence-corrected chi connectivity index (χ3v) is 2.38. The molecule has 0 aliphatic carbocycles. The highest BCUT2D eigenvalue weighted by atomic mass is 15.1. The highest BCUT2D eigenvalue weighted by Gasteiger charge is 1.94. The summed E-state index contributed by atoms with van der Waals surface area (Å²) in [5, 5.41) is 11.2. The molecular weight excluding hydrogens is 198 g/mol. The van der Waals surface area contributed by atoms with Crippen LogP contribution in [0.1, 0.15) is 16.8 Å². The predicted octanol–water partition coefficient (Wildman–Crippen LogP) is 2.07. The summed E-state index contributed by atoms with van der Waals surface area (Å²) < 4.78 is 0. The smallest absolute Gasteiger partial charge is 0.0769 e. The van der Waals surface area contributed by atoms with E-state index >= 15 is 0 Å². The van der Waals surface area contributed by atoms with Gasteiger partial charge >= 0.3 is 0 Å². The number of rotatable bonds is 4. The molecular formula is C13H15N3. The maximum atomic E-state index is 4.01. The second-order valence-electron chi connectivity index (χ2n) is 3.80. The summed E-state index contributed by atoms with van der Waals surface area (Å²) >= 11 is 0. The van der Waals surface area contributed by atoms with Crippen LogP contribution in [-0.4, -0.2) is 10.2 Å². The molecule has 0 atom stereocenters. The Kier molecular flexibility index (Phi) is 3.62. The summed E-state index contributed by atoms with van der Waals surface area (Å²) in [6.07, 6.45) is 1.68. The average molecular weight is 213 g/mol. The zero-order valence-electron chi connectivity index (χ0n) is 9.35. The van der Waals surface area contributed by atoms with Crippen molar-refractivity contribution in [3.05, 3.63) is 59.4 Å². The topological polar surface area (TPSA) is 37.8 Å². The van der Waals surface area contributed by atoms with Gasteiger partial charge in [-0.3, -0.25) is 0 Å². The molecule has 2 rings (SSSR count). The molecule has 1 heterocycles. The zero-order chi connectivity index (χ0) is 11.2. The molecule has 1 aromatic heterocycles. The van der Waals surface area contributed by atoms with Gasteiger partial charge in [0.15, 0.2) is 0 Å². The Morgan fingerprint density at radius 3 is 2.56 bits per heavy atom. The van der Waals surface area contributed by atoms with E-state index in [0.717, 1.165) is 18.8 Å². The van der Waals surface area contributed by atoms with E-state index < -0.39 is 0 Å². The summed E-state index contributed by atoms with van der Waals surface area (Å²) in [4.78, 5) is 0. The minimum Gasteiger partial charge on any atom is -0.307 e. The largest absolute Gasteiger partial charge is 0.307 e. The van der Waals surface area contributed by atoms with Gasteiger partial charge in [0.1, 0.15) is 0 Å². The van der Waals surface area contributed by atoms with Gasteiger partial charge < -0.3 is 5.32 Å². The first kappa shape index (κ1) is 10.8. The maximum Gasteiger partial charge on any atom is 0.0769 e. The standard InChI is InChI=1S/C13H15N3/c1-11-4-6-12(7-5-11)9-14-10-13-3-2-8-15-16-13/h2-8,14H,9-10H2,1H3. The van der Waals surface area contributed by atoms with E-state index in [-0.39, 0.29) is 0 Å². The van der Waals surface area contributed by atoms with Crippen LogP contribution in [0.15, 0.2) is 42.6 Å². The molecule has 0 unspecified atom stereocenters. The van der Waals surface area contributed by atoms with Crippen molar-refractivity contribution in [1.82, 2.24) is 15.5 Å². The van der Waals surface area contributed by atoms with Gasteiger partial charge in [-0.1, -0.05) is 29.8 Å². The molecule has 0 amide bonds. The molecule has 0 saturated heterocycles. The van der Waals surface area contributed by atoms with Gasteiger partial charge in [-0.25, -0.2) is 0 Å². The molecule has 0 fully saturated rings. The third kappa shape index (κ3) is 3.14. The Morgan fingerprint density at radius 2 is 1.88 bits per heavy atom. The van der Waals surface area contributed by atoms with Crippen LogP contribution in [0.25, 0.3) is 0 Å². The van der Waals surface area contributed by atoms with Crippen LogP contribution in [0.3, 0.4) is 0 Å². The second kappa shape index (κ2) is 5.37. The third-order valence-electron chi connectivity index (χ3n) is 2.38. The highest BCUT2D eigenvalue weighted by Crippen LogP contribution is 2.02. The fraction of sp³-hybridized carbons (Fsp3) is 0.231. The van der Waals surface area contributed by atoms with E-state index in [1.165, 1.54) is 11.1 Å². The van der Waals surface area contributed by atoms with E-state index in [0.29, 0.717) is 0 Å². The predicted molar refractivity (Wildman–Crippen MR) is 63.8 cm³/mol. The van der Waals surface area contributed by atoms with Crippen molar-refractivity contribution in [1.29, 1.82) is 0 Å². The van der Waals surface area contributed by atoms with Gasteiger partial charge in [0.05, 0.1) is 5.69 Å². The number of hydrogen-bond acceptors (Lipinski definition) is 3. The molecule has 0 aliphatic rings. The van der Waals surface area contributed by atoms with Gasteiger partial charge in [0.2, 0.25) is 0 Å². The Balaban J connectivity index is 1.82. The number of nitrogens with one attached hydrogen (secondary N) is 1. The fourth-order valence-corrected chi connectivity index (χ4v) is 1.47. The van der Waals surface area contributed by atoms with E-state index in [9.17, 15) is 0 Å². The summed E-state index contributed by atoms with van der Waals surface area (Å²) in [6.45, 7) is 3.70. The monoisotopic (exact) mass is 213 g/mol. The summed E-state index contributed by atoms with van der Waals surface area (Å²) in [7, 11) is 0. The van der Waals surface area contributed by atoms with E-state index in [1.807, 2.05) is 12.1 Å². The Hall–Kier alpha value is -1.74. The molecule has 1 aromatic carbocycles. The summed E-state index contributed by atoms with van der Waals surface area (Å²) in [5.41, 5.74) is 3.54. The van der Waals surface area contributed by atoms with Crippen LogP contribution in [0.5, 0.6) is 0 Å². The lowest BCUT2D eigenvalue weighted by molar-refractivity contribution is 0.670. The first-order valence-electron chi connectivity index (χ1n) is 5.37. The van der Waals surface area contributed by atoms with Crippen LogP contribution >= 0.6 is 0 Å². The first-order chi connectivity index (χ1) is 7.84. The normalized spacial score (nSPS) is 10.3. The highest BCUT2D eigenvalue weighted by molar-refractivity contribution is 5.21. The number of aryl methyl sites for hydroxylation is 1. The molecule has 1 N–H and O–H groups in total. The molecule has 3 heteroatoms. The molecule has 0 aliphatic heterocycles. The van der Waals surface area contributed by atoms with Gasteiger partial charge in [0, 0.05) is 19.3 Å². The van der Waals surface area contributed by atoms with Crippen molar-refractivity contribution in [3.63, 3.8) is 0 Å². The van der Waals surface area contributed by atoms with Crippen LogP contribution < -0.4 is 5.32 Å². The van der Waals surface area contributed by atoms with Crippen molar-refractivity contribution in [2.24, 2.45) is 0 Å². The molecule has 3 nitrogen and oxygen atoms in total.